The average Bonchev–Trinajstić information content (AvgIpc) is 3.47. The Balaban J connectivity index is 3.61. The van der Waals surface area contributed by atoms with Crippen LogP contribution in [0.1, 0.15) is 303 Å². The number of allylic oxidation sites excluding steroid dienone is 24. The number of unbranched alkanes of at least 4 members (excludes halogenated alkanes) is 29. The van der Waals surface area contributed by atoms with E-state index in [0.29, 0.717) is 12.8 Å². The molecule has 0 saturated heterocycles. The van der Waals surface area contributed by atoms with Gasteiger partial charge in [0.05, 0.1) is 6.61 Å². The minimum absolute atomic E-state index is 0.0890. The van der Waals surface area contributed by atoms with Crippen molar-refractivity contribution in [1.82, 2.24) is 0 Å². The average molecular weight is 1120 g/mol. The van der Waals surface area contributed by atoms with Gasteiger partial charge in [-0.3, -0.25) is 9.59 Å². The molecular weight excluding hydrogens is 993 g/mol. The summed E-state index contributed by atoms with van der Waals surface area (Å²) >= 11 is 0. The predicted molar refractivity (Wildman–Crippen MR) is 357 cm³/mol. The highest BCUT2D eigenvalue weighted by Crippen LogP contribution is 2.17. The Labute approximate surface area is 501 Å². The third-order valence-electron chi connectivity index (χ3n) is 14.4. The zero-order valence-electron chi connectivity index (χ0n) is 52.7. The van der Waals surface area contributed by atoms with Crippen molar-refractivity contribution in [3.8, 4) is 0 Å². The smallest absolute Gasteiger partial charge is 0.306 e. The molecule has 0 amide bonds. The molecule has 0 aliphatic carbocycles. The highest BCUT2D eigenvalue weighted by molar-refractivity contribution is 5.70. The van der Waals surface area contributed by atoms with E-state index < -0.39 is 6.10 Å². The number of rotatable bonds is 61. The van der Waals surface area contributed by atoms with Gasteiger partial charge in [0.2, 0.25) is 0 Å². The maximum Gasteiger partial charge on any atom is 0.306 e. The molecular formula is C76H126O5. The summed E-state index contributed by atoms with van der Waals surface area (Å²) in [7, 11) is 0. The Bertz CT molecular complexity index is 1700. The lowest BCUT2D eigenvalue weighted by molar-refractivity contribution is -0.161. The van der Waals surface area contributed by atoms with E-state index in [4.69, 9.17) is 9.47 Å². The monoisotopic (exact) mass is 1120 g/mol. The topological polar surface area (TPSA) is 72.8 Å². The molecule has 1 atom stereocenters. The van der Waals surface area contributed by atoms with Crippen LogP contribution < -0.4 is 0 Å². The first-order valence-electron chi connectivity index (χ1n) is 33.9. The van der Waals surface area contributed by atoms with Gasteiger partial charge in [0.15, 0.2) is 6.10 Å². The van der Waals surface area contributed by atoms with Crippen molar-refractivity contribution in [1.29, 1.82) is 0 Å². The maximum atomic E-state index is 12.3. The number of aliphatic hydroxyl groups excluding tert-OH is 1. The molecule has 0 heterocycles. The SMILES string of the molecule is CC/C=C\C/C=C\C/C=C\C/C=C\C/C=C\C/C=C\C/C=C\C/C=C\C/C=C\C/C=C\C/C=C\C/C=C\CCCCC(=O)OC(CO)COC(=O)CCCCCCCCCCCCCCCCCCCCCCCCCCCCCC. The quantitative estimate of drug-likeness (QED) is 0.0373. The van der Waals surface area contributed by atoms with Gasteiger partial charge in [-0.25, -0.2) is 0 Å². The molecule has 81 heavy (non-hydrogen) atoms. The van der Waals surface area contributed by atoms with Gasteiger partial charge >= 0.3 is 11.9 Å². The molecule has 0 aromatic rings. The summed E-state index contributed by atoms with van der Waals surface area (Å²) < 4.78 is 10.7. The van der Waals surface area contributed by atoms with Crippen LogP contribution in [0.4, 0.5) is 0 Å². The Morgan fingerprint density at radius 1 is 0.296 bits per heavy atom. The van der Waals surface area contributed by atoms with Gasteiger partial charge in [0.1, 0.15) is 6.61 Å². The van der Waals surface area contributed by atoms with Gasteiger partial charge in [-0.15, -0.1) is 0 Å². The molecule has 1 N–H and O–H groups in total. The summed E-state index contributed by atoms with van der Waals surface area (Å²) in [6, 6.07) is 0. The summed E-state index contributed by atoms with van der Waals surface area (Å²) in [4.78, 5) is 24.6. The summed E-state index contributed by atoms with van der Waals surface area (Å²) in [5.41, 5.74) is 0. The third-order valence-corrected chi connectivity index (χ3v) is 14.4. The fourth-order valence-corrected chi connectivity index (χ4v) is 9.36. The van der Waals surface area contributed by atoms with Crippen LogP contribution in [0.2, 0.25) is 0 Å². The van der Waals surface area contributed by atoms with Gasteiger partial charge in [-0.1, -0.05) is 333 Å². The maximum absolute atomic E-state index is 12.3. The second-order valence-corrected chi connectivity index (χ2v) is 22.2. The van der Waals surface area contributed by atoms with Crippen LogP contribution in [-0.2, 0) is 19.1 Å². The molecule has 0 aromatic heterocycles. The van der Waals surface area contributed by atoms with Gasteiger partial charge in [-0.2, -0.15) is 0 Å². The Hall–Kier alpha value is -4.22. The van der Waals surface area contributed by atoms with E-state index in [2.05, 4.69) is 160 Å². The first-order valence-corrected chi connectivity index (χ1v) is 33.9. The van der Waals surface area contributed by atoms with E-state index >= 15 is 0 Å². The summed E-state index contributed by atoms with van der Waals surface area (Å²) in [6.07, 6.45) is 106. The summed E-state index contributed by atoms with van der Waals surface area (Å²) in [6.45, 7) is 4.02. The van der Waals surface area contributed by atoms with Crippen molar-refractivity contribution in [2.24, 2.45) is 0 Å². The van der Waals surface area contributed by atoms with Gasteiger partial charge in [0.25, 0.3) is 0 Å². The fourth-order valence-electron chi connectivity index (χ4n) is 9.36. The summed E-state index contributed by atoms with van der Waals surface area (Å²) in [5.74, 6) is -0.640. The van der Waals surface area contributed by atoms with E-state index in [0.717, 1.165) is 116 Å². The van der Waals surface area contributed by atoms with E-state index in [9.17, 15) is 14.7 Å². The lowest BCUT2D eigenvalue weighted by Crippen LogP contribution is -2.28. The first kappa shape index (κ1) is 76.8. The molecule has 0 bridgehead atoms. The second kappa shape index (κ2) is 70.0. The van der Waals surface area contributed by atoms with Gasteiger partial charge in [0, 0.05) is 12.8 Å². The Kier molecular flexibility index (Phi) is 66.4. The molecule has 0 spiro atoms. The van der Waals surface area contributed by atoms with Crippen LogP contribution in [0.5, 0.6) is 0 Å². The van der Waals surface area contributed by atoms with E-state index in [1.54, 1.807) is 0 Å². The number of carbonyl (C=O) groups is 2. The van der Waals surface area contributed by atoms with Crippen molar-refractivity contribution in [3.05, 3.63) is 146 Å². The highest BCUT2D eigenvalue weighted by Gasteiger charge is 2.16. The third kappa shape index (κ3) is 68.2. The van der Waals surface area contributed by atoms with Crippen LogP contribution in [0.15, 0.2) is 146 Å². The fraction of sp³-hybridized carbons (Fsp3) is 0.658. The Morgan fingerprint density at radius 2 is 0.531 bits per heavy atom. The molecule has 5 nitrogen and oxygen atoms in total. The second-order valence-electron chi connectivity index (χ2n) is 22.2. The molecule has 1 unspecified atom stereocenters. The standard InChI is InChI=1S/C76H126O5/c1-3-5-7-9-11-13-15-17-19-21-23-25-27-29-31-33-34-35-36-37-38-39-40-41-42-43-45-47-49-51-53-55-57-59-61-63-65-67-69-71-76(79)81-74(72-77)73-80-75(78)70-68-66-64-62-60-58-56-54-52-50-48-46-44-32-30-28-26-24-22-20-18-16-14-12-10-8-6-4-2/h5,7,11,13,17,19,23,25,29,31,34-35,37-38,40-41,43,45,49,51,55,57,61,63,74,77H,3-4,6,8-10,12,14-16,18,20-22,24,26-28,30,32-33,36,39,42,44,46-48,50,52-54,56,58-60,62,64-73H2,1-2H3/b7-5-,13-11-,19-17-,25-23-,31-29-,35-34-,38-37-,41-40-,45-43-,51-49-,57-55-,63-61-. The molecule has 0 aliphatic rings. The molecule has 0 aromatic carbocycles. The molecule has 0 radical (unpaired) electrons. The molecule has 460 valence electrons. The number of hydrogen-bond acceptors (Lipinski definition) is 5. The minimum Gasteiger partial charge on any atom is -0.462 e. The number of esters is 2. The highest BCUT2D eigenvalue weighted by atomic mass is 16.6. The van der Waals surface area contributed by atoms with E-state index in [1.165, 1.54) is 161 Å². The normalized spacial score (nSPS) is 13.2. The zero-order chi connectivity index (χ0) is 58.4. The van der Waals surface area contributed by atoms with E-state index in [1.807, 2.05) is 0 Å². The molecule has 0 aliphatic heterocycles. The number of hydrogen-bond donors (Lipinski definition) is 1. The lowest BCUT2D eigenvalue weighted by Gasteiger charge is -2.15. The van der Waals surface area contributed by atoms with Crippen LogP contribution in [-0.4, -0.2) is 36.4 Å². The van der Waals surface area contributed by atoms with Crippen LogP contribution in [0.25, 0.3) is 0 Å². The van der Waals surface area contributed by atoms with E-state index in [-0.39, 0.29) is 25.2 Å². The van der Waals surface area contributed by atoms with Crippen LogP contribution in [0, 0.1) is 0 Å². The first-order chi connectivity index (χ1) is 40.1. The number of ether oxygens (including phenoxy) is 2. The summed E-state index contributed by atoms with van der Waals surface area (Å²) in [5, 5.41) is 9.68. The number of carbonyl (C=O) groups excluding carboxylic acids is 2. The van der Waals surface area contributed by atoms with Crippen LogP contribution in [0.3, 0.4) is 0 Å². The van der Waals surface area contributed by atoms with Gasteiger partial charge in [-0.05, 0) is 103 Å². The molecule has 0 fully saturated rings. The van der Waals surface area contributed by atoms with Gasteiger partial charge < -0.3 is 14.6 Å². The predicted octanol–water partition coefficient (Wildman–Crippen LogP) is 23.7. The lowest BCUT2D eigenvalue weighted by atomic mass is 10.0. The molecule has 5 heteroatoms. The van der Waals surface area contributed by atoms with Crippen molar-refractivity contribution < 1.29 is 24.2 Å². The largest absolute Gasteiger partial charge is 0.462 e. The van der Waals surface area contributed by atoms with Crippen molar-refractivity contribution in [2.45, 2.75) is 309 Å². The van der Waals surface area contributed by atoms with Crippen LogP contribution >= 0.6 is 0 Å². The zero-order valence-corrected chi connectivity index (χ0v) is 52.7. The van der Waals surface area contributed by atoms with Crippen molar-refractivity contribution in [2.75, 3.05) is 13.2 Å². The Morgan fingerprint density at radius 3 is 0.802 bits per heavy atom. The van der Waals surface area contributed by atoms with Crippen molar-refractivity contribution in [3.63, 3.8) is 0 Å². The minimum atomic E-state index is -0.805. The van der Waals surface area contributed by atoms with Crippen molar-refractivity contribution >= 4 is 11.9 Å². The number of aliphatic hydroxyl groups is 1. The molecule has 0 rings (SSSR count). The molecule has 0 saturated carbocycles.